The quantitative estimate of drug-likeness (QED) is 0.422. The van der Waals surface area contributed by atoms with Gasteiger partial charge >= 0.3 is 6.03 Å². The van der Waals surface area contributed by atoms with Crippen molar-refractivity contribution in [3.8, 4) is 5.82 Å². The fraction of sp³-hybridized carbons (Fsp3) is 0.0476. The molecule has 3 N–H and O–H groups in total. The topological polar surface area (TPSA) is 96.8 Å². The van der Waals surface area contributed by atoms with Crippen molar-refractivity contribution in [1.29, 1.82) is 0 Å². The zero-order valence-electron chi connectivity index (χ0n) is 16.0. The molecule has 0 saturated carbocycles. The highest BCUT2D eigenvalue weighted by Gasteiger charge is 2.07. The average molecular weight is 420 g/mol. The molecule has 2 aromatic carbocycles. The van der Waals surface area contributed by atoms with Crippen LogP contribution in [0.1, 0.15) is 5.82 Å². The van der Waals surface area contributed by atoms with Crippen LogP contribution in [0.2, 0.25) is 5.02 Å². The summed E-state index contributed by atoms with van der Waals surface area (Å²) in [5.41, 5.74) is 2.01. The molecule has 9 heteroatoms. The van der Waals surface area contributed by atoms with Crippen molar-refractivity contribution in [2.75, 3.05) is 16.0 Å². The molecule has 0 fully saturated rings. The maximum atomic E-state index is 12.2. The summed E-state index contributed by atoms with van der Waals surface area (Å²) in [4.78, 5) is 25.0. The molecule has 0 aliphatic carbocycles. The number of carbonyl (C=O) groups is 1. The third-order valence-electron chi connectivity index (χ3n) is 4.13. The summed E-state index contributed by atoms with van der Waals surface area (Å²) in [7, 11) is 0. The van der Waals surface area contributed by atoms with Crippen LogP contribution in [-0.4, -0.2) is 25.6 Å². The number of nitrogens with one attached hydrogen (secondary N) is 3. The van der Waals surface area contributed by atoms with Crippen LogP contribution in [0.3, 0.4) is 0 Å². The van der Waals surface area contributed by atoms with Gasteiger partial charge in [-0.3, -0.25) is 4.57 Å². The van der Waals surface area contributed by atoms with Crippen molar-refractivity contribution < 1.29 is 4.79 Å². The van der Waals surface area contributed by atoms with E-state index in [1.165, 1.54) is 0 Å². The molecule has 4 aromatic rings. The van der Waals surface area contributed by atoms with Crippen LogP contribution in [0.5, 0.6) is 0 Å². The van der Waals surface area contributed by atoms with Gasteiger partial charge in [0.15, 0.2) is 0 Å². The van der Waals surface area contributed by atoms with Crippen LogP contribution in [0, 0.1) is 6.92 Å². The number of para-hydroxylation sites is 1. The molecule has 0 spiro atoms. The minimum absolute atomic E-state index is 0.375. The van der Waals surface area contributed by atoms with Crippen molar-refractivity contribution in [2.24, 2.45) is 0 Å². The minimum atomic E-state index is -0.375. The molecule has 0 bridgehead atoms. The highest BCUT2D eigenvalue weighted by atomic mass is 35.5. The van der Waals surface area contributed by atoms with Crippen LogP contribution in [0.4, 0.5) is 27.7 Å². The van der Waals surface area contributed by atoms with E-state index < -0.39 is 0 Å². The van der Waals surface area contributed by atoms with Crippen molar-refractivity contribution in [3.05, 3.63) is 84.2 Å². The van der Waals surface area contributed by atoms with E-state index in [0.29, 0.717) is 28.0 Å². The molecule has 0 unspecified atom stereocenters. The molecule has 0 aliphatic rings. The van der Waals surface area contributed by atoms with E-state index in [9.17, 15) is 4.79 Å². The third kappa shape index (κ3) is 4.73. The Labute approximate surface area is 178 Å². The number of amides is 2. The van der Waals surface area contributed by atoms with Gasteiger partial charge in [-0.05, 0) is 43.3 Å². The lowest BCUT2D eigenvalue weighted by Gasteiger charge is -2.11. The number of carbonyl (C=O) groups excluding carboxylic acids is 1. The number of aryl methyl sites for hydroxylation is 1. The summed E-state index contributed by atoms with van der Waals surface area (Å²) < 4.78 is 1.81. The minimum Gasteiger partial charge on any atom is -0.340 e. The van der Waals surface area contributed by atoms with Crippen LogP contribution in [0.25, 0.3) is 5.82 Å². The second-order valence-electron chi connectivity index (χ2n) is 6.39. The molecule has 0 aliphatic heterocycles. The fourth-order valence-corrected chi connectivity index (χ4v) is 2.96. The number of rotatable bonds is 5. The third-order valence-corrected chi connectivity index (χ3v) is 4.46. The maximum Gasteiger partial charge on any atom is 0.323 e. The summed E-state index contributed by atoms with van der Waals surface area (Å²) in [5.74, 6) is 2.01. The maximum absolute atomic E-state index is 12.2. The number of hydrogen-bond acceptors (Lipinski definition) is 5. The highest BCUT2D eigenvalue weighted by molar-refractivity contribution is 6.33. The Morgan fingerprint density at radius 3 is 2.50 bits per heavy atom. The zero-order chi connectivity index (χ0) is 20.9. The first-order valence-corrected chi connectivity index (χ1v) is 9.48. The summed E-state index contributed by atoms with van der Waals surface area (Å²) in [6, 6.07) is 15.8. The van der Waals surface area contributed by atoms with E-state index >= 15 is 0 Å². The van der Waals surface area contributed by atoms with Crippen molar-refractivity contribution in [2.45, 2.75) is 6.92 Å². The molecule has 2 aromatic heterocycles. The predicted molar refractivity (Wildman–Crippen MR) is 118 cm³/mol. The molecule has 0 saturated heterocycles. The molecule has 0 radical (unpaired) electrons. The monoisotopic (exact) mass is 419 g/mol. The number of imidazole rings is 1. The second-order valence-corrected chi connectivity index (χ2v) is 6.80. The Morgan fingerprint density at radius 1 is 1.00 bits per heavy atom. The normalized spacial score (nSPS) is 10.5. The van der Waals surface area contributed by atoms with Crippen LogP contribution < -0.4 is 16.0 Å². The van der Waals surface area contributed by atoms with E-state index in [-0.39, 0.29) is 6.03 Å². The number of hydrogen-bond donors (Lipinski definition) is 3. The number of urea groups is 1. The second kappa shape index (κ2) is 8.62. The van der Waals surface area contributed by atoms with Gasteiger partial charge in [0.05, 0.1) is 10.7 Å². The van der Waals surface area contributed by atoms with Crippen molar-refractivity contribution >= 4 is 40.5 Å². The highest BCUT2D eigenvalue weighted by Crippen LogP contribution is 2.22. The summed E-state index contributed by atoms with van der Waals surface area (Å²) >= 11 is 6.06. The van der Waals surface area contributed by atoms with Gasteiger partial charge in [0.2, 0.25) is 0 Å². The smallest absolute Gasteiger partial charge is 0.323 e. The molecular formula is C21H18ClN7O. The summed E-state index contributed by atoms with van der Waals surface area (Å²) in [5, 5.41) is 9.21. The van der Waals surface area contributed by atoms with E-state index in [0.717, 1.165) is 11.5 Å². The van der Waals surface area contributed by atoms with Gasteiger partial charge in [0.25, 0.3) is 0 Å². The Bertz CT molecular complexity index is 1160. The first-order chi connectivity index (χ1) is 14.6. The van der Waals surface area contributed by atoms with Crippen LogP contribution in [0.15, 0.2) is 73.3 Å². The Morgan fingerprint density at radius 2 is 1.77 bits per heavy atom. The molecule has 2 amide bonds. The van der Waals surface area contributed by atoms with Gasteiger partial charge < -0.3 is 16.0 Å². The van der Waals surface area contributed by atoms with Crippen molar-refractivity contribution in [1.82, 2.24) is 19.5 Å². The lowest BCUT2D eigenvalue weighted by Crippen LogP contribution is -2.19. The van der Waals surface area contributed by atoms with Gasteiger partial charge in [-0.1, -0.05) is 23.7 Å². The van der Waals surface area contributed by atoms with E-state index in [1.54, 1.807) is 48.9 Å². The number of benzene rings is 2. The Balaban J connectivity index is 1.42. The first kappa shape index (κ1) is 19.4. The number of anilines is 4. The van der Waals surface area contributed by atoms with E-state index in [2.05, 4.69) is 30.9 Å². The predicted octanol–water partition coefficient (Wildman–Crippen LogP) is 5.01. The average Bonchev–Trinajstić information content (AvgIpc) is 3.26. The number of halogens is 1. The largest absolute Gasteiger partial charge is 0.340 e. The Hall–Kier alpha value is -3.91. The summed E-state index contributed by atoms with van der Waals surface area (Å²) in [6.07, 6.45) is 5.19. The van der Waals surface area contributed by atoms with E-state index in [1.807, 2.05) is 35.9 Å². The molecule has 4 rings (SSSR count). The van der Waals surface area contributed by atoms with E-state index in [4.69, 9.17) is 11.6 Å². The molecular weight excluding hydrogens is 402 g/mol. The standard InChI is InChI=1S/C21H18ClN7O/c1-14-24-19(12-20(25-14)29-11-10-23-13-29)26-15-6-8-16(9-7-15)27-21(30)28-18-5-3-2-4-17(18)22/h2-13H,1H3,(H,24,25,26)(H2,27,28,30). The summed E-state index contributed by atoms with van der Waals surface area (Å²) in [6.45, 7) is 1.83. The van der Waals surface area contributed by atoms with Gasteiger partial charge in [0, 0.05) is 29.8 Å². The molecule has 0 atom stereocenters. The number of aromatic nitrogens is 4. The lowest BCUT2D eigenvalue weighted by molar-refractivity contribution is 0.262. The van der Waals surface area contributed by atoms with Gasteiger partial charge in [-0.2, -0.15) is 0 Å². The SMILES string of the molecule is Cc1nc(Nc2ccc(NC(=O)Nc3ccccc3Cl)cc2)cc(-n2ccnc2)n1. The Kier molecular flexibility index (Phi) is 5.58. The van der Waals surface area contributed by atoms with Crippen molar-refractivity contribution in [3.63, 3.8) is 0 Å². The van der Waals surface area contributed by atoms with Gasteiger partial charge in [0.1, 0.15) is 23.8 Å². The first-order valence-electron chi connectivity index (χ1n) is 9.10. The molecule has 8 nitrogen and oxygen atoms in total. The fourth-order valence-electron chi connectivity index (χ4n) is 2.77. The zero-order valence-corrected chi connectivity index (χ0v) is 16.8. The van der Waals surface area contributed by atoms with Gasteiger partial charge in [-0.15, -0.1) is 0 Å². The molecule has 30 heavy (non-hydrogen) atoms. The van der Waals surface area contributed by atoms with Gasteiger partial charge in [-0.25, -0.2) is 19.7 Å². The molecule has 2 heterocycles. The van der Waals surface area contributed by atoms with Crippen LogP contribution in [-0.2, 0) is 0 Å². The molecule has 150 valence electrons. The van der Waals surface area contributed by atoms with Crippen LogP contribution >= 0.6 is 11.6 Å². The number of nitrogens with zero attached hydrogens (tertiary/aromatic N) is 4. The lowest BCUT2D eigenvalue weighted by atomic mass is 10.2.